The second-order valence-electron chi connectivity index (χ2n) is 6.35. The van der Waals surface area contributed by atoms with Crippen molar-refractivity contribution in [2.45, 2.75) is 6.04 Å². The molecule has 2 amide bonds. The second kappa shape index (κ2) is 6.70. The highest BCUT2D eigenvalue weighted by Gasteiger charge is 2.37. The molecule has 0 radical (unpaired) electrons. The normalized spacial score (nSPS) is 19.0. The van der Waals surface area contributed by atoms with Crippen molar-refractivity contribution < 1.29 is 23.8 Å². The fourth-order valence-electron chi connectivity index (χ4n) is 3.38. The maximum absolute atomic E-state index is 14.2. The van der Waals surface area contributed by atoms with E-state index >= 15 is 0 Å². The zero-order valence-corrected chi connectivity index (χ0v) is 14.8. The summed E-state index contributed by atoms with van der Waals surface area (Å²) in [5, 5.41) is 9.38. The number of hydrogen-bond acceptors (Lipinski definition) is 4. The summed E-state index contributed by atoms with van der Waals surface area (Å²) in [7, 11) is 0. The van der Waals surface area contributed by atoms with Crippen LogP contribution in [-0.2, 0) is 0 Å². The Labute approximate surface area is 158 Å². The number of rotatable bonds is 1. The molecule has 9 heteroatoms. The fourth-order valence-corrected chi connectivity index (χ4v) is 3.64. The molecule has 1 fully saturated rings. The van der Waals surface area contributed by atoms with Gasteiger partial charge in [0.05, 0.1) is 27.9 Å². The molecular formula is C18H15ClFN3O4. The van der Waals surface area contributed by atoms with Crippen LogP contribution in [0.15, 0.2) is 30.5 Å². The third-order valence-electron chi connectivity index (χ3n) is 4.76. The Morgan fingerprint density at radius 2 is 2.19 bits per heavy atom. The topological polar surface area (TPSA) is 83.0 Å². The average molecular weight is 392 g/mol. The number of piperazine rings is 1. The Hall–Kier alpha value is -2.87. The number of pyridine rings is 1. The van der Waals surface area contributed by atoms with Gasteiger partial charge in [-0.3, -0.25) is 9.78 Å². The third-order valence-corrected chi connectivity index (χ3v) is 5.08. The number of ether oxygens (including phenoxy) is 1. The lowest BCUT2D eigenvalue weighted by Gasteiger charge is -2.38. The van der Waals surface area contributed by atoms with Crippen molar-refractivity contribution >= 4 is 23.6 Å². The number of benzene rings is 1. The van der Waals surface area contributed by atoms with Crippen LogP contribution >= 0.6 is 11.6 Å². The molecule has 0 aliphatic carbocycles. The van der Waals surface area contributed by atoms with Gasteiger partial charge in [-0.05, 0) is 12.1 Å². The minimum absolute atomic E-state index is 0.136. The average Bonchev–Trinajstić information content (AvgIpc) is 2.78. The SMILES string of the molecule is O=C(O)N1CCN2C(=O)c3cnc(-c4c(F)cccc4Cl)cc3OCC2C1. The molecule has 1 unspecified atom stereocenters. The van der Waals surface area contributed by atoms with E-state index in [0.717, 1.165) is 0 Å². The minimum Gasteiger partial charge on any atom is -0.490 e. The van der Waals surface area contributed by atoms with Crippen LogP contribution in [0.1, 0.15) is 10.4 Å². The van der Waals surface area contributed by atoms with Gasteiger partial charge in [-0.25, -0.2) is 9.18 Å². The summed E-state index contributed by atoms with van der Waals surface area (Å²) >= 11 is 6.10. The lowest BCUT2D eigenvalue weighted by molar-refractivity contribution is 0.0390. The molecule has 3 heterocycles. The zero-order valence-electron chi connectivity index (χ0n) is 14.1. The van der Waals surface area contributed by atoms with Crippen LogP contribution in [0.4, 0.5) is 9.18 Å². The predicted molar refractivity (Wildman–Crippen MR) is 94.6 cm³/mol. The van der Waals surface area contributed by atoms with Gasteiger partial charge in [-0.15, -0.1) is 0 Å². The monoisotopic (exact) mass is 391 g/mol. The van der Waals surface area contributed by atoms with Gasteiger partial charge in [0.15, 0.2) is 0 Å². The molecule has 4 rings (SSSR count). The second-order valence-corrected chi connectivity index (χ2v) is 6.76. The first-order chi connectivity index (χ1) is 13.0. The molecule has 1 aromatic heterocycles. The Kier molecular flexibility index (Phi) is 4.35. The molecular weight excluding hydrogens is 377 g/mol. The van der Waals surface area contributed by atoms with E-state index in [1.54, 1.807) is 11.0 Å². The van der Waals surface area contributed by atoms with Gasteiger partial charge in [0, 0.05) is 31.9 Å². The summed E-state index contributed by atoms with van der Waals surface area (Å²) in [5.74, 6) is -0.527. The van der Waals surface area contributed by atoms with Crippen LogP contribution in [0.2, 0.25) is 5.02 Å². The molecule has 0 bridgehead atoms. The number of carbonyl (C=O) groups excluding carboxylic acids is 1. The van der Waals surface area contributed by atoms with Crippen LogP contribution < -0.4 is 4.74 Å². The Balaban J connectivity index is 1.69. The van der Waals surface area contributed by atoms with Crippen molar-refractivity contribution in [3.05, 3.63) is 46.9 Å². The molecule has 27 heavy (non-hydrogen) atoms. The zero-order chi connectivity index (χ0) is 19.1. The Bertz CT molecular complexity index is 919. The first-order valence-corrected chi connectivity index (χ1v) is 8.69. The van der Waals surface area contributed by atoms with Crippen LogP contribution in [0.5, 0.6) is 5.75 Å². The van der Waals surface area contributed by atoms with E-state index in [2.05, 4.69) is 4.98 Å². The summed E-state index contributed by atoms with van der Waals surface area (Å²) in [6.45, 7) is 0.828. The lowest BCUT2D eigenvalue weighted by Crippen LogP contribution is -2.57. The third kappa shape index (κ3) is 3.06. The van der Waals surface area contributed by atoms with Gasteiger partial charge in [0.25, 0.3) is 5.91 Å². The summed E-state index contributed by atoms with van der Waals surface area (Å²) in [4.78, 5) is 31.1. The maximum Gasteiger partial charge on any atom is 0.407 e. The van der Waals surface area contributed by atoms with Gasteiger partial charge < -0.3 is 19.6 Å². The molecule has 0 spiro atoms. The van der Waals surface area contributed by atoms with E-state index in [9.17, 15) is 19.1 Å². The first-order valence-electron chi connectivity index (χ1n) is 8.32. The van der Waals surface area contributed by atoms with E-state index in [0.29, 0.717) is 0 Å². The van der Waals surface area contributed by atoms with Crippen molar-refractivity contribution in [2.75, 3.05) is 26.2 Å². The molecule has 1 N–H and O–H groups in total. The Morgan fingerprint density at radius 1 is 1.37 bits per heavy atom. The first kappa shape index (κ1) is 17.5. The standard InChI is InChI=1S/C18H15ClFN3O4/c19-12-2-1-3-13(20)16(12)14-6-15-11(7-21-14)17(24)23-5-4-22(18(25)26)8-10(23)9-27-15/h1-3,6-7,10H,4-5,8-9H2,(H,25,26). The number of carboxylic acid groups (broad SMARTS) is 1. The lowest BCUT2D eigenvalue weighted by atomic mass is 10.1. The summed E-state index contributed by atoms with van der Waals surface area (Å²) in [5.41, 5.74) is 0.659. The van der Waals surface area contributed by atoms with E-state index in [-0.39, 0.29) is 59.7 Å². The number of hydrogen-bond donors (Lipinski definition) is 1. The van der Waals surface area contributed by atoms with E-state index < -0.39 is 18.0 Å². The summed E-state index contributed by atoms with van der Waals surface area (Å²) in [6.07, 6.45) is 0.323. The predicted octanol–water partition coefficient (Wildman–Crippen LogP) is 2.74. The molecule has 7 nitrogen and oxygen atoms in total. The van der Waals surface area contributed by atoms with Crippen molar-refractivity contribution in [1.82, 2.24) is 14.8 Å². The van der Waals surface area contributed by atoms with E-state index in [1.807, 2.05) is 0 Å². The Morgan fingerprint density at radius 3 is 2.93 bits per heavy atom. The van der Waals surface area contributed by atoms with Gasteiger partial charge >= 0.3 is 6.09 Å². The van der Waals surface area contributed by atoms with Gasteiger partial charge in [0.1, 0.15) is 18.2 Å². The van der Waals surface area contributed by atoms with E-state index in [1.165, 1.54) is 29.3 Å². The number of halogens is 2. The highest BCUT2D eigenvalue weighted by Crippen LogP contribution is 2.34. The molecule has 140 valence electrons. The van der Waals surface area contributed by atoms with Crippen LogP contribution in [-0.4, -0.2) is 64.2 Å². The van der Waals surface area contributed by atoms with Gasteiger partial charge in [-0.1, -0.05) is 17.7 Å². The number of amides is 2. The van der Waals surface area contributed by atoms with Gasteiger partial charge in [0.2, 0.25) is 0 Å². The molecule has 1 atom stereocenters. The minimum atomic E-state index is -1.03. The van der Waals surface area contributed by atoms with Crippen molar-refractivity contribution in [2.24, 2.45) is 0 Å². The highest BCUT2D eigenvalue weighted by molar-refractivity contribution is 6.33. The molecule has 1 aromatic carbocycles. The van der Waals surface area contributed by atoms with Crippen LogP contribution in [0.25, 0.3) is 11.3 Å². The number of aromatic nitrogens is 1. The molecule has 2 aliphatic rings. The number of fused-ring (bicyclic) bond motifs is 2. The number of carbonyl (C=O) groups is 2. The highest BCUT2D eigenvalue weighted by atomic mass is 35.5. The summed E-state index contributed by atoms with van der Waals surface area (Å²) in [6, 6.07) is 5.43. The van der Waals surface area contributed by atoms with Crippen molar-refractivity contribution in [3.8, 4) is 17.0 Å². The van der Waals surface area contributed by atoms with Crippen LogP contribution in [0.3, 0.4) is 0 Å². The van der Waals surface area contributed by atoms with E-state index in [4.69, 9.17) is 16.3 Å². The molecule has 2 aromatic rings. The molecule has 2 aliphatic heterocycles. The van der Waals surface area contributed by atoms with Crippen molar-refractivity contribution in [1.29, 1.82) is 0 Å². The fraction of sp³-hybridized carbons (Fsp3) is 0.278. The molecule has 0 saturated carbocycles. The smallest absolute Gasteiger partial charge is 0.407 e. The quantitative estimate of drug-likeness (QED) is 0.808. The molecule has 1 saturated heterocycles. The summed E-state index contributed by atoms with van der Waals surface area (Å²) < 4.78 is 20.0. The maximum atomic E-state index is 14.2. The largest absolute Gasteiger partial charge is 0.490 e. The van der Waals surface area contributed by atoms with Crippen molar-refractivity contribution in [3.63, 3.8) is 0 Å². The number of nitrogens with zero attached hydrogens (tertiary/aromatic N) is 3. The van der Waals surface area contributed by atoms with Gasteiger partial charge in [-0.2, -0.15) is 0 Å². The van der Waals surface area contributed by atoms with Crippen LogP contribution in [0, 0.1) is 5.82 Å².